The van der Waals surface area contributed by atoms with Gasteiger partial charge in [-0.25, -0.2) is 8.42 Å². The molecular formula is C14H18ClN3O3S. The molecule has 6 nitrogen and oxygen atoms in total. The Morgan fingerprint density at radius 1 is 1.00 bits per heavy atom. The van der Waals surface area contributed by atoms with Gasteiger partial charge in [0.15, 0.2) is 0 Å². The van der Waals surface area contributed by atoms with Crippen molar-refractivity contribution in [2.45, 2.75) is 11.8 Å². The van der Waals surface area contributed by atoms with E-state index in [-0.39, 0.29) is 17.3 Å². The minimum atomic E-state index is -3.62. The molecule has 0 spiro atoms. The van der Waals surface area contributed by atoms with E-state index in [4.69, 9.17) is 10.6 Å². The maximum absolute atomic E-state index is 12.2. The minimum Gasteiger partial charge on any atom is -0.494 e. The number of sulfonamides is 1. The first-order chi connectivity index (χ1) is 10.0. The summed E-state index contributed by atoms with van der Waals surface area (Å²) in [5, 5.41) is 0. The fourth-order valence-corrected chi connectivity index (χ4v) is 2.79. The van der Waals surface area contributed by atoms with Gasteiger partial charge in [-0.05, 0) is 55.5 Å². The molecule has 0 radical (unpaired) electrons. The molecule has 0 saturated heterocycles. The van der Waals surface area contributed by atoms with Gasteiger partial charge in [-0.3, -0.25) is 10.6 Å². The predicted octanol–water partition coefficient (Wildman–Crippen LogP) is 2.59. The second-order valence-corrected chi connectivity index (χ2v) is 5.91. The second-order valence-electron chi connectivity index (χ2n) is 4.23. The van der Waals surface area contributed by atoms with E-state index < -0.39 is 10.0 Å². The van der Waals surface area contributed by atoms with E-state index in [0.29, 0.717) is 23.7 Å². The van der Waals surface area contributed by atoms with Gasteiger partial charge in [0.25, 0.3) is 10.0 Å². The van der Waals surface area contributed by atoms with Crippen LogP contribution in [0.5, 0.6) is 5.75 Å². The third kappa shape index (κ3) is 4.52. The zero-order chi connectivity index (χ0) is 15.3. The van der Waals surface area contributed by atoms with Crippen LogP contribution in [0.1, 0.15) is 6.92 Å². The highest BCUT2D eigenvalue weighted by atomic mass is 35.5. The molecule has 0 aliphatic heterocycles. The lowest BCUT2D eigenvalue weighted by Crippen LogP contribution is -2.13. The SMILES string of the molecule is CCOc1ccc(NS(=O)(=O)c2ccc(NN)cc2)cc1.Cl. The maximum atomic E-state index is 12.2. The van der Waals surface area contributed by atoms with Crippen molar-refractivity contribution < 1.29 is 13.2 Å². The number of nitrogens with two attached hydrogens (primary N) is 1. The topological polar surface area (TPSA) is 93.4 Å². The number of rotatable bonds is 6. The van der Waals surface area contributed by atoms with Gasteiger partial charge < -0.3 is 10.2 Å². The molecule has 0 saturated carbocycles. The minimum absolute atomic E-state index is 0. The summed E-state index contributed by atoms with van der Waals surface area (Å²) in [5.41, 5.74) is 3.55. The maximum Gasteiger partial charge on any atom is 0.261 e. The van der Waals surface area contributed by atoms with Crippen LogP contribution in [0.2, 0.25) is 0 Å². The molecule has 4 N–H and O–H groups in total. The highest BCUT2D eigenvalue weighted by Crippen LogP contribution is 2.20. The number of halogens is 1. The molecular weight excluding hydrogens is 326 g/mol. The van der Waals surface area contributed by atoms with Gasteiger partial charge in [0.1, 0.15) is 5.75 Å². The largest absolute Gasteiger partial charge is 0.494 e. The molecule has 2 rings (SSSR count). The zero-order valence-corrected chi connectivity index (χ0v) is 13.6. The summed E-state index contributed by atoms with van der Waals surface area (Å²) in [6, 6.07) is 12.9. The molecule has 2 aromatic carbocycles. The average molecular weight is 344 g/mol. The Kier molecular flexibility index (Phi) is 6.48. The van der Waals surface area contributed by atoms with E-state index in [9.17, 15) is 8.42 Å². The molecule has 0 aromatic heterocycles. The van der Waals surface area contributed by atoms with Crippen LogP contribution < -0.4 is 20.7 Å². The van der Waals surface area contributed by atoms with Crippen LogP contribution in [-0.2, 0) is 10.0 Å². The molecule has 8 heteroatoms. The number of ether oxygens (including phenoxy) is 1. The fraction of sp³-hybridized carbons (Fsp3) is 0.143. The van der Waals surface area contributed by atoms with Crippen LogP contribution in [0.15, 0.2) is 53.4 Å². The quantitative estimate of drug-likeness (QED) is 0.553. The normalized spacial score (nSPS) is 10.5. The van der Waals surface area contributed by atoms with E-state index in [0.717, 1.165) is 0 Å². The summed E-state index contributed by atoms with van der Waals surface area (Å²) < 4.78 is 32.2. The van der Waals surface area contributed by atoms with Crippen molar-refractivity contribution in [1.82, 2.24) is 0 Å². The van der Waals surface area contributed by atoms with Crippen LogP contribution in [0.3, 0.4) is 0 Å². The number of hydrogen-bond donors (Lipinski definition) is 3. The Hall–Kier alpha value is -1.96. The number of nitrogen functional groups attached to an aromatic ring is 1. The number of nitrogens with one attached hydrogen (secondary N) is 2. The Bertz CT molecular complexity index is 688. The Morgan fingerprint density at radius 2 is 1.55 bits per heavy atom. The van der Waals surface area contributed by atoms with E-state index >= 15 is 0 Å². The van der Waals surface area contributed by atoms with Gasteiger partial charge in [0.05, 0.1) is 11.5 Å². The van der Waals surface area contributed by atoms with Crippen LogP contribution in [-0.4, -0.2) is 15.0 Å². The number of anilines is 2. The highest BCUT2D eigenvalue weighted by Gasteiger charge is 2.13. The van der Waals surface area contributed by atoms with Crippen molar-refractivity contribution in [3.8, 4) is 5.75 Å². The Morgan fingerprint density at radius 3 is 2.05 bits per heavy atom. The van der Waals surface area contributed by atoms with Crippen LogP contribution in [0.4, 0.5) is 11.4 Å². The average Bonchev–Trinajstić information content (AvgIpc) is 2.49. The van der Waals surface area contributed by atoms with Crippen molar-refractivity contribution in [3.05, 3.63) is 48.5 Å². The lowest BCUT2D eigenvalue weighted by molar-refractivity contribution is 0.340. The van der Waals surface area contributed by atoms with Crippen molar-refractivity contribution >= 4 is 33.8 Å². The van der Waals surface area contributed by atoms with Gasteiger partial charge in [0, 0.05) is 11.4 Å². The third-order valence-corrected chi connectivity index (χ3v) is 4.15. The van der Waals surface area contributed by atoms with Crippen molar-refractivity contribution in [2.75, 3.05) is 16.8 Å². The summed E-state index contributed by atoms with van der Waals surface area (Å²) in [4.78, 5) is 0.162. The molecule has 0 unspecified atom stereocenters. The van der Waals surface area contributed by atoms with Gasteiger partial charge in [-0.15, -0.1) is 12.4 Å². The lowest BCUT2D eigenvalue weighted by Gasteiger charge is -2.09. The van der Waals surface area contributed by atoms with E-state index in [1.54, 1.807) is 36.4 Å². The fourth-order valence-electron chi connectivity index (χ4n) is 1.73. The van der Waals surface area contributed by atoms with Crippen molar-refractivity contribution in [1.29, 1.82) is 0 Å². The molecule has 22 heavy (non-hydrogen) atoms. The Balaban J connectivity index is 0.00000242. The standard InChI is InChI=1S/C14H17N3O3S.ClH/c1-2-20-13-7-3-12(4-8-13)17-21(18,19)14-9-5-11(16-15)6-10-14;/h3-10,16-17H,2,15H2,1H3;1H. The molecule has 0 bridgehead atoms. The summed E-state index contributed by atoms with van der Waals surface area (Å²) in [6.45, 7) is 2.45. The summed E-state index contributed by atoms with van der Waals surface area (Å²) >= 11 is 0. The summed E-state index contributed by atoms with van der Waals surface area (Å²) in [6.07, 6.45) is 0. The van der Waals surface area contributed by atoms with Gasteiger partial charge in [-0.1, -0.05) is 0 Å². The Labute approximate surface area is 136 Å². The van der Waals surface area contributed by atoms with Crippen molar-refractivity contribution in [3.63, 3.8) is 0 Å². The molecule has 0 aliphatic rings. The van der Waals surface area contributed by atoms with Gasteiger partial charge in [-0.2, -0.15) is 0 Å². The van der Waals surface area contributed by atoms with Crippen LogP contribution in [0.25, 0.3) is 0 Å². The monoisotopic (exact) mass is 343 g/mol. The molecule has 0 atom stereocenters. The lowest BCUT2D eigenvalue weighted by atomic mass is 10.3. The summed E-state index contributed by atoms with van der Waals surface area (Å²) in [5.74, 6) is 5.94. The molecule has 120 valence electrons. The van der Waals surface area contributed by atoms with E-state index in [1.165, 1.54) is 12.1 Å². The van der Waals surface area contributed by atoms with Crippen molar-refractivity contribution in [2.24, 2.45) is 5.84 Å². The van der Waals surface area contributed by atoms with Gasteiger partial charge in [0.2, 0.25) is 0 Å². The molecule has 0 amide bonds. The molecule has 0 heterocycles. The summed E-state index contributed by atoms with van der Waals surface area (Å²) in [7, 11) is -3.62. The first kappa shape index (κ1) is 18.1. The molecule has 2 aromatic rings. The van der Waals surface area contributed by atoms with Crippen LogP contribution >= 0.6 is 12.4 Å². The molecule has 0 aliphatic carbocycles. The first-order valence-electron chi connectivity index (χ1n) is 6.37. The van der Waals surface area contributed by atoms with E-state index in [2.05, 4.69) is 10.1 Å². The predicted molar refractivity (Wildman–Crippen MR) is 89.9 cm³/mol. The second kappa shape index (κ2) is 7.88. The first-order valence-corrected chi connectivity index (χ1v) is 7.86. The smallest absolute Gasteiger partial charge is 0.261 e. The van der Waals surface area contributed by atoms with Gasteiger partial charge >= 0.3 is 0 Å². The number of benzene rings is 2. The van der Waals surface area contributed by atoms with Crippen LogP contribution in [0, 0.1) is 0 Å². The third-order valence-electron chi connectivity index (χ3n) is 2.75. The number of hydrazine groups is 1. The highest BCUT2D eigenvalue weighted by molar-refractivity contribution is 7.92. The zero-order valence-electron chi connectivity index (χ0n) is 11.9. The number of hydrogen-bond acceptors (Lipinski definition) is 5. The molecule has 0 fully saturated rings. The van der Waals surface area contributed by atoms with E-state index in [1.807, 2.05) is 6.92 Å².